The number of urea groups is 1. The molecule has 0 aliphatic carbocycles. The summed E-state index contributed by atoms with van der Waals surface area (Å²) in [5.41, 5.74) is 3.49. The van der Waals surface area contributed by atoms with E-state index in [1.807, 2.05) is 91.0 Å². The van der Waals surface area contributed by atoms with Crippen LogP contribution < -0.4 is 10.6 Å². The van der Waals surface area contributed by atoms with E-state index < -0.39 is 0 Å². The monoisotopic (exact) mass is 494 g/mol. The number of benzene rings is 3. The molecule has 3 aromatic carbocycles. The number of para-hydroxylation sites is 1. The number of nitrogens with zero attached hydrogens (tertiary/aromatic N) is 2. The lowest BCUT2D eigenvalue weighted by molar-refractivity contribution is -0.122. The topological polar surface area (TPSA) is 87.5 Å². The van der Waals surface area contributed by atoms with Gasteiger partial charge in [-0.1, -0.05) is 78.9 Å². The molecule has 0 bridgehead atoms. The Bertz CT molecular complexity index is 1260. The summed E-state index contributed by atoms with van der Waals surface area (Å²) in [4.78, 5) is 31.7. The third-order valence-corrected chi connectivity index (χ3v) is 6.49. The first-order valence-electron chi connectivity index (χ1n) is 12.7. The third-order valence-electron chi connectivity index (χ3n) is 6.49. The summed E-state index contributed by atoms with van der Waals surface area (Å²) in [5, 5.41) is 6.03. The predicted molar refractivity (Wildman–Crippen MR) is 144 cm³/mol. The number of oxazole rings is 1. The van der Waals surface area contributed by atoms with Crippen molar-refractivity contribution in [2.24, 2.45) is 0 Å². The van der Waals surface area contributed by atoms with Gasteiger partial charge < -0.3 is 20.0 Å². The number of carbonyl (C=O) groups excluding carboxylic acids is 2. The summed E-state index contributed by atoms with van der Waals surface area (Å²) in [6, 6.07) is 29.2. The molecular formula is C30H30N4O3. The van der Waals surface area contributed by atoms with Crippen molar-refractivity contribution in [1.29, 1.82) is 0 Å². The highest BCUT2D eigenvalue weighted by Gasteiger charge is 2.24. The zero-order chi connectivity index (χ0) is 25.5. The Morgan fingerprint density at radius 2 is 1.43 bits per heavy atom. The molecule has 0 saturated carbocycles. The Balaban J connectivity index is 1.14. The van der Waals surface area contributed by atoms with E-state index in [1.54, 1.807) is 4.90 Å². The van der Waals surface area contributed by atoms with Crippen molar-refractivity contribution in [2.45, 2.75) is 31.7 Å². The molecule has 37 heavy (non-hydrogen) atoms. The first-order valence-corrected chi connectivity index (χ1v) is 12.7. The molecule has 1 aliphatic rings. The summed E-state index contributed by atoms with van der Waals surface area (Å²) in [6.45, 7) is 1.20. The normalized spacial score (nSPS) is 13.8. The Kier molecular flexibility index (Phi) is 7.60. The number of piperidine rings is 1. The quantitative estimate of drug-likeness (QED) is 0.342. The van der Waals surface area contributed by atoms with Crippen molar-refractivity contribution in [3.63, 3.8) is 0 Å². The fourth-order valence-electron chi connectivity index (χ4n) is 4.52. The van der Waals surface area contributed by atoms with Gasteiger partial charge in [0.2, 0.25) is 5.91 Å². The molecule has 3 amide bonds. The van der Waals surface area contributed by atoms with Crippen LogP contribution >= 0.6 is 0 Å². The number of aromatic nitrogens is 1. The van der Waals surface area contributed by atoms with E-state index in [1.165, 1.54) is 0 Å². The molecule has 1 fully saturated rings. The van der Waals surface area contributed by atoms with Crippen LogP contribution in [-0.4, -0.2) is 41.0 Å². The maximum atomic E-state index is 12.7. The summed E-state index contributed by atoms with van der Waals surface area (Å²) < 4.78 is 6.14. The zero-order valence-corrected chi connectivity index (χ0v) is 20.6. The van der Waals surface area contributed by atoms with Crippen LogP contribution in [0.3, 0.4) is 0 Å². The predicted octanol–water partition coefficient (Wildman–Crippen LogP) is 5.75. The highest BCUT2D eigenvalue weighted by molar-refractivity contribution is 5.89. The van der Waals surface area contributed by atoms with E-state index in [2.05, 4.69) is 10.6 Å². The van der Waals surface area contributed by atoms with Gasteiger partial charge in [0.1, 0.15) is 5.69 Å². The van der Waals surface area contributed by atoms with Crippen LogP contribution in [0.1, 0.15) is 25.2 Å². The zero-order valence-electron chi connectivity index (χ0n) is 20.6. The van der Waals surface area contributed by atoms with E-state index in [0.29, 0.717) is 31.2 Å². The van der Waals surface area contributed by atoms with Gasteiger partial charge in [-0.15, -0.1) is 0 Å². The van der Waals surface area contributed by atoms with Crippen molar-refractivity contribution < 1.29 is 14.0 Å². The van der Waals surface area contributed by atoms with Crippen LogP contribution in [0, 0.1) is 0 Å². The van der Waals surface area contributed by atoms with Gasteiger partial charge in [0.05, 0.1) is 0 Å². The van der Waals surface area contributed by atoms with Gasteiger partial charge in [0.15, 0.2) is 11.7 Å². The molecule has 7 heteroatoms. The van der Waals surface area contributed by atoms with Gasteiger partial charge in [0, 0.05) is 48.8 Å². The first kappa shape index (κ1) is 24.3. The second kappa shape index (κ2) is 11.6. The van der Waals surface area contributed by atoms with Crippen molar-refractivity contribution >= 4 is 17.6 Å². The van der Waals surface area contributed by atoms with Crippen LogP contribution in [0.5, 0.6) is 0 Å². The number of carbonyl (C=O) groups is 2. The van der Waals surface area contributed by atoms with E-state index in [-0.39, 0.29) is 24.4 Å². The van der Waals surface area contributed by atoms with Crippen molar-refractivity contribution in [3.8, 4) is 22.6 Å². The minimum absolute atomic E-state index is 0.0343. The van der Waals surface area contributed by atoms with Gasteiger partial charge >= 0.3 is 6.03 Å². The molecule has 1 aliphatic heterocycles. The number of anilines is 1. The van der Waals surface area contributed by atoms with Crippen molar-refractivity contribution in [1.82, 2.24) is 15.2 Å². The number of aryl methyl sites for hydroxylation is 1. The number of nitrogens with one attached hydrogen (secondary N) is 2. The maximum absolute atomic E-state index is 12.7. The maximum Gasteiger partial charge on any atom is 0.321 e. The molecule has 1 aromatic heterocycles. The Morgan fingerprint density at radius 1 is 0.838 bits per heavy atom. The smallest absolute Gasteiger partial charge is 0.321 e. The summed E-state index contributed by atoms with van der Waals surface area (Å²) in [7, 11) is 0. The molecule has 1 saturated heterocycles. The molecule has 0 radical (unpaired) electrons. The van der Waals surface area contributed by atoms with Crippen LogP contribution in [0.4, 0.5) is 10.5 Å². The Morgan fingerprint density at radius 3 is 2.08 bits per heavy atom. The van der Waals surface area contributed by atoms with E-state index in [0.717, 1.165) is 35.3 Å². The molecule has 0 atom stereocenters. The second-order valence-electron chi connectivity index (χ2n) is 9.14. The number of hydrogen-bond donors (Lipinski definition) is 2. The van der Waals surface area contributed by atoms with Gasteiger partial charge in [-0.25, -0.2) is 9.78 Å². The van der Waals surface area contributed by atoms with E-state index in [4.69, 9.17) is 9.40 Å². The van der Waals surface area contributed by atoms with Gasteiger partial charge in [-0.05, 0) is 25.0 Å². The molecule has 2 N–H and O–H groups in total. The van der Waals surface area contributed by atoms with Crippen molar-refractivity contribution in [2.75, 3.05) is 18.4 Å². The molecule has 188 valence electrons. The van der Waals surface area contributed by atoms with E-state index in [9.17, 15) is 9.59 Å². The SMILES string of the molecule is O=C(CCc1nc(-c2ccccc2)c(-c2ccccc2)o1)NC1CCN(C(=O)Nc2ccccc2)CC1. The van der Waals surface area contributed by atoms with Gasteiger partial charge in [0.25, 0.3) is 0 Å². The second-order valence-corrected chi connectivity index (χ2v) is 9.14. The van der Waals surface area contributed by atoms with Crippen LogP contribution in [-0.2, 0) is 11.2 Å². The highest BCUT2D eigenvalue weighted by atomic mass is 16.4. The molecule has 0 unspecified atom stereocenters. The third kappa shape index (κ3) is 6.25. The van der Waals surface area contributed by atoms with Gasteiger partial charge in [-0.2, -0.15) is 0 Å². The highest BCUT2D eigenvalue weighted by Crippen LogP contribution is 2.32. The lowest BCUT2D eigenvalue weighted by Gasteiger charge is -2.32. The van der Waals surface area contributed by atoms with Crippen LogP contribution in [0.2, 0.25) is 0 Å². The molecular weight excluding hydrogens is 464 g/mol. The fourth-order valence-corrected chi connectivity index (χ4v) is 4.52. The number of amides is 3. The summed E-state index contributed by atoms with van der Waals surface area (Å²) >= 11 is 0. The van der Waals surface area contributed by atoms with Crippen molar-refractivity contribution in [3.05, 3.63) is 96.9 Å². The molecule has 2 heterocycles. The molecule has 4 aromatic rings. The Labute approximate surface area is 216 Å². The van der Waals surface area contributed by atoms with Gasteiger partial charge in [-0.3, -0.25) is 4.79 Å². The lowest BCUT2D eigenvalue weighted by atomic mass is 10.0. The number of rotatable bonds is 7. The average Bonchev–Trinajstić information content (AvgIpc) is 3.38. The summed E-state index contributed by atoms with van der Waals surface area (Å²) in [5.74, 6) is 1.22. The fraction of sp³-hybridized carbons (Fsp3) is 0.233. The number of hydrogen-bond acceptors (Lipinski definition) is 4. The lowest BCUT2D eigenvalue weighted by Crippen LogP contribution is -2.47. The molecule has 0 spiro atoms. The van der Waals surface area contributed by atoms with E-state index >= 15 is 0 Å². The summed E-state index contributed by atoms with van der Waals surface area (Å²) in [6.07, 6.45) is 2.15. The number of likely N-dealkylation sites (tertiary alicyclic amines) is 1. The molecule has 5 rings (SSSR count). The largest absolute Gasteiger partial charge is 0.440 e. The minimum atomic E-state index is -0.108. The Hall–Kier alpha value is -4.39. The van der Waals surface area contributed by atoms with Crippen LogP contribution in [0.25, 0.3) is 22.6 Å². The first-order chi connectivity index (χ1) is 18.2. The minimum Gasteiger partial charge on any atom is -0.440 e. The average molecular weight is 495 g/mol. The molecule has 7 nitrogen and oxygen atoms in total. The standard InChI is InChI=1S/C30H30N4O3/c35-26(31-25-18-20-34(21-19-25)30(36)32-24-14-8-3-9-15-24)16-17-27-33-28(22-10-4-1-5-11-22)29(37-27)23-12-6-2-7-13-23/h1-15,25H,16-21H2,(H,31,35)(H,32,36). The van der Waals surface area contributed by atoms with Crippen LogP contribution in [0.15, 0.2) is 95.4 Å².